The van der Waals surface area contributed by atoms with Gasteiger partial charge in [0.25, 0.3) is 5.91 Å². The zero-order valence-corrected chi connectivity index (χ0v) is 25.1. The fourth-order valence-corrected chi connectivity index (χ4v) is 5.23. The number of aromatic hydroxyl groups is 1. The first-order chi connectivity index (χ1) is 19.9. The minimum absolute atomic E-state index is 0.0917. The molecule has 0 aliphatic carbocycles. The minimum atomic E-state index is -0.736. The van der Waals surface area contributed by atoms with Crippen LogP contribution in [0.2, 0.25) is 10.0 Å². The minimum Gasteiger partial charge on any atom is -0.501 e. The molecule has 4 aromatic rings. The van der Waals surface area contributed by atoms with Crippen LogP contribution in [0.5, 0.6) is 5.75 Å². The number of imidazole rings is 1. The highest BCUT2D eigenvalue weighted by atomic mass is 35.5. The average molecular weight is 616 g/mol. The Bertz CT molecular complexity index is 1720. The molecule has 2 aromatic heterocycles. The summed E-state index contributed by atoms with van der Waals surface area (Å²) in [5.41, 5.74) is 0.343. The maximum atomic E-state index is 13.3. The van der Waals surface area contributed by atoms with Gasteiger partial charge in [0, 0.05) is 45.8 Å². The standard InChI is InChI=1S/C29H32Cl2N6O5/c1-29(2,3)42-28(41)35-13-10-34(11-14-35)12-15-36-21-6-4-5-7-22(21)37-26(40)24(38)23(33-27(36)37)25(39)32-17-18-8-9-19(30)20(31)16-18/h4-9,16,38H,10-15,17H2,1-3H3,(H,32,39). The highest BCUT2D eigenvalue weighted by Crippen LogP contribution is 2.24. The number of carbonyl (C=O) groups is 2. The Kier molecular flexibility index (Phi) is 8.36. The Labute approximate surface area is 252 Å². The molecule has 0 atom stereocenters. The second kappa shape index (κ2) is 11.8. The van der Waals surface area contributed by atoms with Gasteiger partial charge in [-0.05, 0) is 50.6 Å². The van der Waals surface area contributed by atoms with E-state index in [1.54, 1.807) is 35.2 Å². The summed E-state index contributed by atoms with van der Waals surface area (Å²) in [6.45, 7) is 9.10. The van der Waals surface area contributed by atoms with Crippen LogP contribution in [0.3, 0.4) is 0 Å². The van der Waals surface area contributed by atoms with Crippen molar-refractivity contribution >= 4 is 52.0 Å². The van der Waals surface area contributed by atoms with E-state index in [-0.39, 0.29) is 24.1 Å². The van der Waals surface area contributed by atoms with Gasteiger partial charge >= 0.3 is 11.7 Å². The predicted molar refractivity (Wildman–Crippen MR) is 161 cm³/mol. The highest BCUT2D eigenvalue weighted by molar-refractivity contribution is 6.42. The number of halogens is 2. The molecule has 0 radical (unpaired) electrons. The zero-order chi connectivity index (χ0) is 30.2. The van der Waals surface area contributed by atoms with E-state index in [0.717, 1.165) is 5.52 Å². The molecule has 42 heavy (non-hydrogen) atoms. The number of fused-ring (bicyclic) bond motifs is 3. The number of hydrogen-bond acceptors (Lipinski definition) is 7. The van der Waals surface area contributed by atoms with Gasteiger partial charge in [0.15, 0.2) is 5.69 Å². The lowest BCUT2D eigenvalue weighted by atomic mass is 10.2. The van der Waals surface area contributed by atoms with Crippen LogP contribution in [-0.2, 0) is 17.8 Å². The van der Waals surface area contributed by atoms with Crippen molar-refractivity contribution in [2.45, 2.75) is 39.5 Å². The van der Waals surface area contributed by atoms with E-state index < -0.39 is 22.8 Å². The highest BCUT2D eigenvalue weighted by Gasteiger charge is 2.27. The van der Waals surface area contributed by atoms with Crippen LogP contribution in [0, 0.1) is 0 Å². The second-order valence-electron chi connectivity index (χ2n) is 11.1. The van der Waals surface area contributed by atoms with Crippen LogP contribution in [-0.4, -0.2) is 79.2 Å². The number of aromatic nitrogens is 3. The van der Waals surface area contributed by atoms with Crippen molar-refractivity contribution in [3.63, 3.8) is 0 Å². The van der Waals surface area contributed by atoms with E-state index in [9.17, 15) is 19.5 Å². The summed E-state index contributed by atoms with van der Waals surface area (Å²) in [5, 5.41) is 14.2. The van der Waals surface area contributed by atoms with E-state index in [2.05, 4.69) is 15.2 Å². The second-order valence-corrected chi connectivity index (χ2v) is 11.9. The first kappa shape index (κ1) is 29.7. The Hall–Kier alpha value is -3.80. The number of ether oxygens (including phenoxy) is 1. The largest absolute Gasteiger partial charge is 0.501 e. The Balaban J connectivity index is 1.37. The summed E-state index contributed by atoms with van der Waals surface area (Å²) < 4.78 is 8.68. The number of hydrogen-bond donors (Lipinski definition) is 2. The van der Waals surface area contributed by atoms with E-state index in [4.69, 9.17) is 27.9 Å². The van der Waals surface area contributed by atoms with Crippen molar-refractivity contribution in [3.05, 3.63) is 74.1 Å². The predicted octanol–water partition coefficient (Wildman–Crippen LogP) is 4.14. The van der Waals surface area contributed by atoms with Crippen molar-refractivity contribution in [2.24, 2.45) is 0 Å². The molecule has 222 valence electrons. The van der Waals surface area contributed by atoms with Gasteiger partial charge in [0.05, 0.1) is 21.1 Å². The van der Waals surface area contributed by atoms with E-state index in [1.807, 2.05) is 37.5 Å². The Morgan fingerprint density at radius 2 is 1.69 bits per heavy atom. The molecule has 3 heterocycles. The number of benzene rings is 2. The van der Waals surface area contributed by atoms with Gasteiger partial charge in [-0.1, -0.05) is 41.4 Å². The van der Waals surface area contributed by atoms with Crippen LogP contribution in [0.25, 0.3) is 16.8 Å². The smallest absolute Gasteiger partial charge is 0.410 e. The van der Waals surface area contributed by atoms with Gasteiger partial charge in [-0.15, -0.1) is 0 Å². The van der Waals surface area contributed by atoms with Gasteiger partial charge in [0.1, 0.15) is 5.60 Å². The molecule has 1 aliphatic rings. The summed E-state index contributed by atoms with van der Waals surface area (Å²) in [4.78, 5) is 47.3. The number of para-hydroxylation sites is 2. The van der Waals surface area contributed by atoms with E-state index >= 15 is 0 Å². The Morgan fingerprint density at radius 3 is 2.36 bits per heavy atom. The van der Waals surface area contributed by atoms with Gasteiger partial charge in [-0.25, -0.2) is 14.2 Å². The molecular weight excluding hydrogens is 583 g/mol. The molecule has 2 N–H and O–H groups in total. The first-order valence-electron chi connectivity index (χ1n) is 13.6. The van der Waals surface area contributed by atoms with Gasteiger partial charge < -0.3 is 24.6 Å². The molecule has 1 saturated heterocycles. The quantitative estimate of drug-likeness (QED) is 0.335. The number of amides is 2. The SMILES string of the molecule is CC(C)(C)OC(=O)N1CCN(CCn2c3ccccc3n3c(=O)c(O)c(C(=O)NCc4ccc(Cl)c(Cl)c4)nc23)CC1. The molecule has 2 amide bonds. The molecule has 0 bridgehead atoms. The molecule has 1 aliphatic heterocycles. The first-order valence-corrected chi connectivity index (χ1v) is 14.3. The van der Waals surface area contributed by atoms with Crippen LogP contribution in [0.15, 0.2) is 47.3 Å². The molecular formula is C29H32Cl2N6O5. The van der Waals surface area contributed by atoms with Crippen molar-refractivity contribution in [3.8, 4) is 5.75 Å². The fraction of sp³-hybridized carbons (Fsp3) is 0.379. The summed E-state index contributed by atoms with van der Waals surface area (Å²) >= 11 is 12.0. The molecule has 1 fully saturated rings. The van der Waals surface area contributed by atoms with E-state index in [0.29, 0.717) is 60.4 Å². The van der Waals surface area contributed by atoms with Gasteiger partial charge in [-0.3, -0.25) is 14.5 Å². The monoisotopic (exact) mass is 614 g/mol. The normalized spacial score (nSPS) is 14.5. The number of nitrogens with zero attached hydrogens (tertiary/aromatic N) is 5. The van der Waals surface area contributed by atoms with Crippen LogP contribution < -0.4 is 10.9 Å². The molecule has 0 unspecified atom stereocenters. The molecule has 0 saturated carbocycles. The lowest BCUT2D eigenvalue weighted by Gasteiger charge is -2.35. The topological polar surface area (TPSA) is 121 Å². The lowest BCUT2D eigenvalue weighted by Crippen LogP contribution is -2.50. The Morgan fingerprint density at radius 1 is 1.00 bits per heavy atom. The number of carbonyl (C=O) groups excluding carboxylic acids is 2. The molecule has 2 aromatic carbocycles. The fourth-order valence-electron chi connectivity index (χ4n) is 4.90. The average Bonchev–Trinajstić information content (AvgIpc) is 3.27. The third-order valence-electron chi connectivity index (χ3n) is 7.01. The maximum absolute atomic E-state index is 13.3. The van der Waals surface area contributed by atoms with E-state index in [1.165, 1.54) is 4.40 Å². The van der Waals surface area contributed by atoms with Crippen molar-refractivity contribution in [1.82, 2.24) is 29.1 Å². The van der Waals surface area contributed by atoms with Crippen LogP contribution in [0.4, 0.5) is 4.79 Å². The third kappa shape index (κ3) is 6.18. The summed E-state index contributed by atoms with van der Waals surface area (Å²) in [6, 6.07) is 12.2. The number of piperazine rings is 1. The van der Waals surface area contributed by atoms with Gasteiger partial charge in [-0.2, -0.15) is 0 Å². The van der Waals surface area contributed by atoms with Crippen molar-refractivity contribution < 1.29 is 19.4 Å². The molecule has 13 heteroatoms. The number of nitrogens with one attached hydrogen (secondary N) is 1. The molecule has 0 spiro atoms. The summed E-state index contributed by atoms with van der Waals surface area (Å²) in [7, 11) is 0. The van der Waals surface area contributed by atoms with Crippen LogP contribution in [0.1, 0.15) is 36.8 Å². The van der Waals surface area contributed by atoms with Crippen molar-refractivity contribution in [1.29, 1.82) is 0 Å². The summed E-state index contributed by atoms with van der Waals surface area (Å²) in [5.74, 6) is -1.19. The summed E-state index contributed by atoms with van der Waals surface area (Å²) in [6.07, 6.45) is -0.321. The maximum Gasteiger partial charge on any atom is 0.410 e. The van der Waals surface area contributed by atoms with Gasteiger partial charge in [0.2, 0.25) is 11.5 Å². The third-order valence-corrected chi connectivity index (χ3v) is 7.75. The molecule has 11 nitrogen and oxygen atoms in total. The zero-order valence-electron chi connectivity index (χ0n) is 23.6. The molecule has 5 rings (SSSR count). The lowest BCUT2D eigenvalue weighted by molar-refractivity contribution is 0.0143. The van der Waals surface area contributed by atoms with Crippen molar-refractivity contribution in [2.75, 3.05) is 32.7 Å². The van der Waals surface area contributed by atoms with Crippen LogP contribution >= 0.6 is 23.2 Å². The number of rotatable bonds is 6.